The van der Waals surface area contributed by atoms with Crippen LogP contribution in [0.4, 0.5) is 9.59 Å². The number of H-pyrrole nitrogens is 2. The second kappa shape index (κ2) is 17.6. The number of likely N-dealkylation sites (tertiary alicyclic amines) is 2. The summed E-state index contributed by atoms with van der Waals surface area (Å²) in [5.41, 5.74) is 7.42. The number of aromatic amines is 2. The topological polar surface area (TPSA) is 205 Å². The Balaban J connectivity index is 1.08. The predicted octanol–water partition coefficient (Wildman–Crippen LogP) is 5.26. The van der Waals surface area contributed by atoms with Gasteiger partial charge in [-0.25, -0.2) is 19.6 Å². The van der Waals surface area contributed by atoms with Gasteiger partial charge in [-0.2, -0.15) is 0 Å². The number of benzene rings is 2. The zero-order valence-electron chi connectivity index (χ0n) is 34.2. The van der Waals surface area contributed by atoms with Crippen molar-refractivity contribution in [1.29, 1.82) is 0 Å². The maximum atomic E-state index is 13.8. The maximum Gasteiger partial charge on any atom is 0.407 e. The number of carbonyl (C=O) groups is 4. The Bertz CT molecular complexity index is 2190. The number of hydrogen-bond donors (Lipinski definition) is 4. The summed E-state index contributed by atoms with van der Waals surface area (Å²) in [6.45, 7) is 5.24. The normalized spacial score (nSPS) is 19.6. The number of nitrogens with zero attached hydrogens (tertiary/aromatic N) is 5. The molecule has 0 bridgehead atoms. The summed E-state index contributed by atoms with van der Waals surface area (Å²) in [6.07, 6.45) is 3.56. The Labute approximate surface area is 342 Å². The van der Waals surface area contributed by atoms with E-state index in [0.29, 0.717) is 44.4 Å². The number of likely N-dealkylation sites (N-methyl/N-ethyl adjacent to an activating group) is 1. The van der Waals surface area contributed by atoms with E-state index in [9.17, 15) is 24.3 Å². The summed E-state index contributed by atoms with van der Waals surface area (Å²) in [5.74, 6) is 0.738. The standard InChI is InChI=1S/C42H52N8O9/c1-23(56-4)35(47-41(53)58-6)39(51)49-15-7-9-33(49)37-43-19-31(45-37)25-11-13-29-27(17-25)21-59-22-28-18-26(12-14-30(28)29)32-20-44-38(46-32)34-10-8-16-50(34)40(52)36(24(2)57-5)48(3)42(54)55/h11-14,17-20,23-24,33-36H,7-10,15-16,21-22H2,1-6H3,(H,43,45)(H,44,46)(H,47,53)(H,54,55)/t23-,24-,33+,34+,35+,36+/m1/s1. The van der Waals surface area contributed by atoms with E-state index in [2.05, 4.69) is 39.6 Å². The lowest BCUT2D eigenvalue weighted by Crippen LogP contribution is -2.54. The molecule has 3 aliphatic rings. The van der Waals surface area contributed by atoms with Crippen LogP contribution in [0.2, 0.25) is 0 Å². The first kappa shape index (κ1) is 41.4. The van der Waals surface area contributed by atoms with E-state index in [4.69, 9.17) is 28.9 Å². The molecular weight excluding hydrogens is 761 g/mol. The third-order valence-corrected chi connectivity index (χ3v) is 11.9. The fourth-order valence-corrected chi connectivity index (χ4v) is 8.46. The Morgan fingerprint density at radius 1 is 0.814 bits per heavy atom. The number of methoxy groups -OCH3 is 3. The minimum absolute atomic E-state index is 0.261. The summed E-state index contributed by atoms with van der Waals surface area (Å²) >= 11 is 0. The highest BCUT2D eigenvalue weighted by Gasteiger charge is 2.41. The van der Waals surface area contributed by atoms with Crippen LogP contribution < -0.4 is 5.32 Å². The summed E-state index contributed by atoms with van der Waals surface area (Å²) in [5, 5.41) is 12.3. The Morgan fingerprint density at radius 2 is 1.32 bits per heavy atom. The summed E-state index contributed by atoms with van der Waals surface area (Å²) in [4.78, 5) is 72.3. The van der Waals surface area contributed by atoms with Crippen molar-refractivity contribution in [1.82, 2.24) is 40.0 Å². The first-order valence-corrected chi connectivity index (χ1v) is 19.9. The summed E-state index contributed by atoms with van der Waals surface area (Å²) < 4.78 is 21.8. The molecule has 2 fully saturated rings. The van der Waals surface area contributed by atoms with Crippen LogP contribution in [0.5, 0.6) is 0 Å². The van der Waals surface area contributed by atoms with Gasteiger partial charge in [-0.1, -0.05) is 24.3 Å². The molecule has 3 aliphatic heterocycles. The number of amides is 4. The van der Waals surface area contributed by atoms with E-state index >= 15 is 0 Å². The number of ether oxygens (including phenoxy) is 4. The van der Waals surface area contributed by atoms with Crippen LogP contribution in [-0.4, -0.2) is 130 Å². The monoisotopic (exact) mass is 812 g/mol. The van der Waals surface area contributed by atoms with Gasteiger partial charge >= 0.3 is 12.2 Å². The van der Waals surface area contributed by atoms with Crippen molar-refractivity contribution in [3.05, 3.63) is 71.6 Å². The van der Waals surface area contributed by atoms with Gasteiger partial charge in [0.05, 0.1) is 56.0 Å². The van der Waals surface area contributed by atoms with Crippen molar-refractivity contribution < 1.29 is 43.2 Å². The van der Waals surface area contributed by atoms with E-state index in [0.717, 1.165) is 68.9 Å². The minimum Gasteiger partial charge on any atom is -0.465 e. The molecule has 59 heavy (non-hydrogen) atoms. The lowest BCUT2D eigenvalue weighted by Gasteiger charge is -2.34. The van der Waals surface area contributed by atoms with E-state index in [-0.39, 0.29) is 23.9 Å². The molecule has 0 spiro atoms. The molecule has 7 rings (SSSR count). The fraction of sp³-hybridized carbons (Fsp3) is 0.476. The molecule has 0 unspecified atom stereocenters. The molecule has 0 radical (unpaired) electrons. The SMILES string of the molecule is COC(=O)N[C@H](C(=O)N1CCC[C@H]1c1nc(-c2ccc3c(c2)COCc2cc(-c4c[nH]c([C@@H]5CCCN5C(=O)[C@H]([C@@H](C)OC)N(C)C(=O)O)n4)ccc2-3)c[nH]1)[C@@H](C)OC. The molecule has 4 amide bonds. The summed E-state index contributed by atoms with van der Waals surface area (Å²) in [6, 6.07) is 9.90. The number of rotatable bonds is 12. The predicted molar refractivity (Wildman–Crippen MR) is 215 cm³/mol. The van der Waals surface area contributed by atoms with Gasteiger partial charge in [0, 0.05) is 57.9 Å². The number of alkyl carbamates (subject to hydrolysis) is 1. The van der Waals surface area contributed by atoms with Crippen molar-refractivity contribution in [3.8, 4) is 33.6 Å². The molecule has 4 N–H and O–H groups in total. The highest BCUT2D eigenvalue weighted by atomic mass is 16.5. The van der Waals surface area contributed by atoms with E-state index in [1.54, 1.807) is 23.6 Å². The molecule has 2 saturated heterocycles. The summed E-state index contributed by atoms with van der Waals surface area (Å²) in [7, 11) is 5.60. The van der Waals surface area contributed by atoms with Crippen LogP contribution in [0.3, 0.4) is 0 Å². The zero-order chi connectivity index (χ0) is 42.0. The first-order valence-electron chi connectivity index (χ1n) is 19.9. The molecule has 0 aliphatic carbocycles. The lowest BCUT2D eigenvalue weighted by atomic mass is 9.93. The Hall–Kier alpha value is -5.78. The van der Waals surface area contributed by atoms with E-state index in [1.807, 2.05) is 24.5 Å². The minimum atomic E-state index is -1.20. The van der Waals surface area contributed by atoms with Gasteiger partial charge in [0.15, 0.2) is 0 Å². The average molecular weight is 813 g/mol. The molecule has 4 aromatic rings. The molecule has 17 heteroatoms. The van der Waals surface area contributed by atoms with Crippen molar-refractivity contribution in [3.63, 3.8) is 0 Å². The van der Waals surface area contributed by atoms with E-state index < -0.39 is 36.5 Å². The van der Waals surface area contributed by atoms with E-state index in [1.165, 1.54) is 28.4 Å². The van der Waals surface area contributed by atoms with Gasteiger partial charge in [-0.3, -0.25) is 14.5 Å². The third-order valence-electron chi connectivity index (χ3n) is 11.9. The third kappa shape index (κ3) is 8.27. The lowest BCUT2D eigenvalue weighted by molar-refractivity contribution is -0.141. The number of hydrogen-bond acceptors (Lipinski definition) is 10. The molecular formula is C42H52N8O9. The number of aromatic nitrogens is 4. The van der Waals surface area contributed by atoms with Crippen molar-refractivity contribution in [2.24, 2.45) is 0 Å². The highest BCUT2D eigenvalue weighted by molar-refractivity contribution is 5.87. The average Bonchev–Trinajstić information content (AvgIpc) is 4.08. The van der Waals surface area contributed by atoms with Crippen LogP contribution in [-0.2, 0) is 41.8 Å². The van der Waals surface area contributed by atoms with Crippen LogP contribution in [0, 0.1) is 0 Å². The van der Waals surface area contributed by atoms with Gasteiger partial charge < -0.3 is 49.1 Å². The number of nitrogens with one attached hydrogen (secondary N) is 3. The van der Waals surface area contributed by atoms with Crippen molar-refractivity contribution in [2.75, 3.05) is 41.5 Å². The van der Waals surface area contributed by atoms with Crippen LogP contribution in [0.1, 0.15) is 74.4 Å². The smallest absolute Gasteiger partial charge is 0.407 e. The fourth-order valence-electron chi connectivity index (χ4n) is 8.46. The second-order valence-electron chi connectivity index (χ2n) is 15.3. The molecule has 314 valence electrons. The molecule has 0 saturated carbocycles. The maximum absolute atomic E-state index is 13.8. The van der Waals surface area contributed by atoms with Gasteiger partial charge in [-0.05, 0) is 73.9 Å². The Morgan fingerprint density at radius 3 is 1.80 bits per heavy atom. The van der Waals surface area contributed by atoms with Gasteiger partial charge in [0.1, 0.15) is 23.7 Å². The van der Waals surface area contributed by atoms with Crippen LogP contribution in [0.15, 0.2) is 48.8 Å². The number of fused-ring (bicyclic) bond motifs is 3. The number of carbonyl (C=O) groups excluding carboxylic acids is 3. The largest absolute Gasteiger partial charge is 0.465 e. The molecule has 6 atom stereocenters. The molecule has 2 aromatic heterocycles. The zero-order valence-corrected chi connectivity index (χ0v) is 34.2. The van der Waals surface area contributed by atoms with Crippen molar-refractivity contribution >= 4 is 24.0 Å². The Kier molecular flexibility index (Phi) is 12.3. The number of imidazole rings is 2. The van der Waals surface area contributed by atoms with Crippen molar-refractivity contribution in [2.45, 2.75) is 89.1 Å². The molecule has 2 aromatic carbocycles. The van der Waals surface area contributed by atoms with Gasteiger partial charge in [-0.15, -0.1) is 0 Å². The quantitative estimate of drug-likeness (QED) is 0.145. The highest BCUT2D eigenvalue weighted by Crippen LogP contribution is 2.38. The number of carboxylic acid groups (broad SMARTS) is 1. The molecule has 5 heterocycles. The molecule has 17 nitrogen and oxygen atoms in total. The second-order valence-corrected chi connectivity index (χ2v) is 15.3. The van der Waals surface area contributed by atoms with Crippen LogP contribution in [0.25, 0.3) is 33.6 Å². The van der Waals surface area contributed by atoms with Crippen LogP contribution >= 0.6 is 0 Å². The van der Waals surface area contributed by atoms with Gasteiger partial charge in [0.2, 0.25) is 11.8 Å². The van der Waals surface area contributed by atoms with Gasteiger partial charge in [0.25, 0.3) is 0 Å². The first-order chi connectivity index (χ1) is 28.4.